The summed E-state index contributed by atoms with van der Waals surface area (Å²) in [4.78, 5) is 4.77. The van der Waals surface area contributed by atoms with Gasteiger partial charge in [-0.3, -0.25) is 0 Å². The van der Waals surface area contributed by atoms with E-state index in [4.69, 9.17) is 0 Å². The van der Waals surface area contributed by atoms with Gasteiger partial charge in [0.1, 0.15) is 0 Å². The zero-order valence-electron chi connectivity index (χ0n) is 17.5. The Morgan fingerprint density at radius 2 is 1.87 bits per heavy atom. The largest absolute Gasteiger partial charge is 0.368 e. The average molecular weight is 465 g/mol. The molecule has 1 aliphatic rings. The quantitative estimate of drug-likeness (QED) is 0.622. The third-order valence-electron chi connectivity index (χ3n) is 5.89. The normalized spacial score (nSPS) is 14.7. The van der Waals surface area contributed by atoms with Crippen LogP contribution in [0.25, 0.3) is 10.8 Å². The fourth-order valence-corrected chi connectivity index (χ4v) is 4.48. The van der Waals surface area contributed by atoms with Gasteiger partial charge in [-0.25, -0.2) is 0 Å². The summed E-state index contributed by atoms with van der Waals surface area (Å²) in [6, 6.07) is 12.4. The number of likely N-dealkylation sites (N-methyl/N-ethyl adjacent to an activating group) is 1. The molecular weight excluding hydrogens is 440 g/mol. The fourth-order valence-electron chi connectivity index (χ4n) is 3.89. The maximum Gasteiger partial charge on any atom is 0.156 e. The van der Waals surface area contributed by atoms with Gasteiger partial charge in [0.05, 0.1) is 23.0 Å². The highest BCUT2D eigenvalue weighted by molar-refractivity contribution is 9.10. The van der Waals surface area contributed by atoms with Crippen molar-refractivity contribution in [2.24, 2.45) is 0 Å². The number of nitrogens with one attached hydrogen (secondary N) is 1. The van der Waals surface area contributed by atoms with Gasteiger partial charge in [-0.1, -0.05) is 12.1 Å². The number of aromatic nitrogens is 2. The lowest BCUT2D eigenvalue weighted by Gasteiger charge is -2.34. The number of fused-ring (bicyclic) bond motifs is 1. The number of aryl methyl sites for hydroxylation is 1. The Balaban J connectivity index is 1.69. The van der Waals surface area contributed by atoms with E-state index in [0.717, 1.165) is 64.1 Å². The lowest BCUT2D eigenvalue weighted by atomic mass is 10.0. The number of hydrogen-bond donors (Lipinski definition) is 1. The minimum atomic E-state index is 0.591. The van der Waals surface area contributed by atoms with Crippen LogP contribution in [0.2, 0.25) is 0 Å². The van der Waals surface area contributed by atoms with Gasteiger partial charge in [-0.15, -0.1) is 5.10 Å². The van der Waals surface area contributed by atoms with Gasteiger partial charge in [0.15, 0.2) is 5.82 Å². The molecule has 4 rings (SSSR count). The first-order valence-electron chi connectivity index (χ1n) is 10.1. The van der Waals surface area contributed by atoms with Gasteiger partial charge in [0, 0.05) is 48.0 Å². The van der Waals surface area contributed by atoms with Crippen LogP contribution in [0.4, 0.5) is 11.5 Å². The predicted octanol–water partition coefficient (Wildman–Crippen LogP) is 4.24. The molecule has 1 aromatic heterocycles. The minimum absolute atomic E-state index is 0.591. The molecule has 0 radical (unpaired) electrons. The molecule has 30 heavy (non-hydrogen) atoms. The molecule has 1 aliphatic heterocycles. The van der Waals surface area contributed by atoms with Crippen LogP contribution in [0.1, 0.15) is 22.4 Å². The van der Waals surface area contributed by atoms with Gasteiger partial charge in [-0.05, 0) is 66.2 Å². The number of nitriles is 1. The number of nitrogens with zero attached hydrogens (tertiary/aromatic N) is 5. The van der Waals surface area contributed by atoms with Crippen molar-refractivity contribution in [1.82, 2.24) is 15.1 Å². The predicted molar refractivity (Wildman–Crippen MR) is 125 cm³/mol. The summed E-state index contributed by atoms with van der Waals surface area (Å²) >= 11 is 3.77. The first kappa shape index (κ1) is 20.6. The molecule has 0 atom stereocenters. The molecule has 0 bridgehead atoms. The Hall–Kier alpha value is -2.69. The van der Waals surface area contributed by atoms with E-state index in [0.29, 0.717) is 12.1 Å². The molecule has 2 heterocycles. The molecule has 7 heteroatoms. The first-order chi connectivity index (χ1) is 14.5. The first-order valence-corrected chi connectivity index (χ1v) is 10.9. The maximum atomic E-state index is 9.29. The lowest BCUT2D eigenvalue weighted by Crippen LogP contribution is -2.44. The van der Waals surface area contributed by atoms with Crippen molar-refractivity contribution in [3.63, 3.8) is 0 Å². The van der Waals surface area contributed by atoms with Crippen molar-refractivity contribution in [1.29, 1.82) is 5.26 Å². The van der Waals surface area contributed by atoms with Gasteiger partial charge >= 0.3 is 0 Å². The fraction of sp³-hybridized carbons (Fsp3) is 0.348. The molecule has 0 aliphatic carbocycles. The number of benzene rings is 2. The van der Waals surface area contributed by atoms with Crippen molar-refractivity contribution in [2.75, 3.05) is 43.4 Å². The van der Waals surface area contributed by atoms with Crippen molar-refractivity contribution < 1.29 is 0 Å². The summed E-state index contributed by atoms with van der Waals surface area (Å²) in [7, 11) is 2.16. The lowest BCUT2D eigenvalue weighted by molar-refractivity contribution is 0.313. The molecule has 2 aromatic carbocycles. The van der Waals surface area contributed by atoms with Crippen molar-refractivity contribution in [3.05, 3.63) is 57.2 Å². The number of anilines is 2. The summed E-state index contributed by atoms with van der Waals surface area (Å²) in [6.45, 7) is 8.67. The maximum absolute atomic E-state index is 9.29. The zero-order valence-corrected chi connectivity index (χ0v) is 19.1. The number of piperazine rings is 1. The Morgan fingerprint density at radius 1 is 1.10 bits per heavy atom. The van der Waals surface area contributed by atoms with Crippen LogP contribution in [-0.2, 0) is 6.54 Å². The van der Waals surface area contributed by atoms with Gasteiger partial charge in [-0.2, -0.15) is 10.4 Å². The Kier molecular flexibility index (Phi) is 5.89. The smallest absolute Gasteiger partial charge is 0.156 e. The SMILES string of the molecule is Cc1c(C#N)cccc1CNc1nnc(C)c2cc(Br)c(N3CCN(C)CC3)cc12. The minimum Gasteiger partial charge on any atom is -0.368 e. The molecule has 0 saturated carbocycles. The van der Waals surface area contributed by atoms with Crippen LogP contribution in [0.3, 0.4) is 0 Å². The van der Waals surface area contributed by atoms with Crippen LogP contribution in [0, 0.1) is 25.2 Å². The second-order valence-corrected chi connectivity index (χ2v) is 8.68. The molecule has 0 unspecified atom stereocenters. The third kappa shape index (κ3) is 3.98. The van der Waals surface area contributed by atoms with Gasteiger partial charge in [0.25, 0.3) is 0 Å². The number of halogens is 1. The van der Waals surface area contributed by atoms with Gasteiger partial charge in [0.2, 0.25) is 0 Å². The highest BCUT2D eigenvalue weighted by Gasteiger charge is 2.19. The number of hydrogen-bond acceptors (Lipinski definition) is 6. The summed E-state index contributed by atoms with van der Waals surface area (Å²) in [5, 5.41) is 23.7. The van der Waals surface area contributed by atoms with Crippen molar-refractivity contribution in [2.45, 2.75) is 20.4 Å². The molecule has 3 aromatic rings. The Bertz CT molecular complexity index is 1130. The topological polar surface area (TPSA) is 68.1 Å². The standard InChI is InChI=1S/C23H25BrN6/c1-15-17(13-25)5-4-6-18(15)14-26-23-20-12-22(30-9-7-29(3)8-10-30)21(24)11-19(20)16(2)27-28-23/h4-6,11-12H,7-10,14H2,1-3H3,(H,26,28). The van der Waals surface area contributed by atoms with Crippen molar-refractivity contribution >= 4 is 38.2 Å². The van der Waals surface area contributed by atoms with Crippen LogP contribution < -0.4 is 10.2 Å². The Morgan fingerprint density at radius 3 is 2.60 bits per heavy atom. The molecule has 0 spiro atoms. The monoisotopic (exact) mass is 464 g/mol. The second-order valence-electron chi connectivity index (χ2n) is 7.83. The summed E-state index contributed by atoms with van der Waals surface area (Å²) in [5.74, 6) is 0.764. The van der Waals surface area contributed by atoms with Crippen molar-refractivity contribution in [3.8, 4) is 6.07 Å². The molecule has 154 valence electrons. The van der Waals surface area contributed by atoms with Crippen LogP contribution in [0.5, 0.6) is 0 Å². The highest BCUT2D eigenvalue weighted by atomic mass is 79.9. The third-order valence-corrected chi connectivity index (χ3v) is 6.52. The Labute approximate surface area is 185 Å². The summed E-state index contributed by atoms with van der Waals surface area (Å²) < 4.78 is 1.08. The second kappa shape index (κ2) is 8.58. The zero-order chi connectivity index (χ0) is 21.3. The van der Waals surface area contributed by atoms with E-state index in [1.807, 2.05) is 32.0 Å². The number of rotatable bonds is 4. The van der Waals surface area contributed by atoms with E-state index in [-0.39, 0.29) is 0 Å². The van der Waals surface area contributed by atoms with E-state index >= 15 is 0 Å². The van der Waals surface area contributed by atoms with Gasteiger partial charge < -0.3 is 15.1 Å². The van der Waals surface area contributed by atoms with E-state index in [1.165, 1.54) is 5.69 Å². The van der Waals surface area contributed by atoms with E-state index < -0.39 is 0 Å². The average Bonchev–Trinajstić information content (AvgIpc) is 2.75. The van der Waals surface area contributed by atoms with Crippen LogP contribution in [0.15, 0.2) is 34.8 Å². The summed E-state index contributed by atoms with van der Waals surface area (Å²) in [6.07, 6.45) is 0. The van der Waals surface area contributed by atoms with E-state index in [2.05, 4.69) is 66.5 Å². The molecule has 0 amide bonds. The van der Waals surface area contributed by atoms with E-state index in [1.54, 1.807) is 0 Å². The molecule has 1 N–H and O–H groups in total. The molecule has 1 saturated heterocycles. The van der Waals surface area contributed by atoms with Crippen LogP contribution in [-0.4, -0.2) is 48.3 Å². The highest BCUT2D eigenvalue weighted by Crippen LogP contribution is 2.35. The summed E-state index contributed by atoms with van der Waals surface area (Å²) in [5.41, 5.74) is 4.88. The van der Waals surface area contributed by atoms with E-state index in [9.17, 15) is 5.26 Å². The molecule has 6 nitrogen and oxygen atoms in total. The van der Waals surface area contributed by atoms with Crippen LogP contribution >= 0.6 is 15.9 Å². The molecule has 1 fully saturated rings. The molecular formula is C23H25BrN6.